The van der Waals surface area contributed by atoms with Crippen LogP contribution >= 0.6 is 12.7 Å². The maximum atomic E-state index is 4.20. The molecule has 0 unspecified atom stereocenters. The van der Waals surface area contributed by atoms with Gasteiger partial charge in [0.05, 0.1) is 0 Å². The van der Waals surface area contributed by atoms with Crippen LogP contribution in [0.5, 0.6) is 0 Å². The summed E-state index contributed by atoms with van der Waals surface area (Å²) in [6.07, 6.45) is 11.5. The van der Waals surface area contributed by atoms with E-state index in [2.05, 4.69) is 33.5 Å². The van der Waals surface area contributed by atoms with Gasteiger partial charge in [-0.2, -0.15) is 0 Å². The zero-order valence-corrected chi connectivity index (χ0v) is 16.1. The van der Waals surface area contributed by atoms with Gasteiger partial charge in [-0.1, -0.05) is 0 Å². The summed E-state index contributed by atoms with van der Waals surface area (Å²) >= 11 is 2.44. The molecule has 0 N–H and O–H groups in total. The van der Waals surface area contributed by atoms with Crippen LogP contribution in [0.1, 0.15) is 72.1 Å². The van der Waals surface area contributed by atoms with Crippen LogP contribution in [-0.4, -0.2) is 16.2 Å². The van der Waals surface area contributed by atoms with Gasteiger partial charge in [-0.05, 0) is 0 Å². The van der Waals surface area contributed by atoms with E-state index in [1.165, 1.54) is 51.4 Å². The Kier molecular flexibility index (Phi) is 12.3. The predicted molar refractivity (Wildman–Crippen MR) is 83.1 cm³/mol. The molecule has 0 heterocycles. The van der Waals surface area contributed by atoms with E-state index in [-0.39, 0.29) is 0 Å². The van der Waals surface area contributed by atoms with E-state index in [1.54, 1.807) is 13.3 Å². The first-order valence-electron chi connectivity index (χ1n) is 7.37. The van der Waals surface area contributed by atoms with Crippen molar-refractivity contribution >= 4 is 28.9 Å². The van der Waals surface area contributed by atoms with Gasteiger partial charge < -0.3 is 0 Å². The third kappa shape index (κ3) is 9.32. The fourth-order valence-electron chi connectivity index (χ4n) is 2.49. The van der Waals surface area contributed by atoms with Crippen molar-refractivity contribution in [3.8, 4) is 0 Å². The minimum atomic E-state index is -1.76. The van der Waals surface area contributed by atoms with Crippen molar-refractivity contribution in [2.24, 2.45) is 0 Å². The summed E-state index contributed by atoms with van der Waals surface area (Å²) in [7, 11) is 0. The Labute approximate surface area is 114 Å². The van der Waals surface area contributed by atoms with Crippen LogP contribution in [-0.2, 0) is 0 Å². The summed E-state index contributed by atoms with van der Waals surface area (Å²) in [6, 6.07) is 0. The van der Waals surface area contributed by atoms with Crippen LogP contribution in [0.2, 0.25) is 13.3 Å². The van der Waals surface area contributed by atoms with Crippen molar-refractivity contribution in [3.05, 3.63) is 0 Å². The molecule has 0 aliphatic carbocycles. The standard InChI is InChI=1S/C8H17.2C3H7.BrH.Sn/c1-3-5-7-8-6-4-2;2*1-3-2;;/h1,3-8H2,2H3;2*1,3H2,2H3;1H;/q;;;;+1/p-1. The van der Waals surface area contributed by atoms with Gasteiger partial charge in [0, 0.05) is 0 Å². The molecule has 0 radical (unpaired) electrons. The topological polar surface area (TPSA) is 0 Å². The SMILES string of the molecule is CCCCCCC[CH2][Sn]([Br])([CH2]CC)[CH2]CC. The quantitative estimate of drug-likeness (QED) is 0.275. The monoisotopic (exact) mass is 398 g/mol. The van der Waals surface area contributed by atoms with Crippen LogP contribution < -0.4 is 0 Å². The van der Waals surface area contributed by atoms with E-state index in [0.29, 0.717) is 0 Å². The van der Waals surface area contributed by atoms with Crippen molar-refractivity contribution in [3.63, 3.8) is 0 Å². The molecule has 16 heavy (non-hydrogen) atoms. The molecule has 2 heteroatoms. The molecular weight excluding hydrogens is 367 g/mol. The third-order valence-electron chi connectivity index (χ3n) is 3.37. The van der Waals surface area contributed by atoms with Crippen LogP contribution in [0.4, 0.5) is 0 Å². The van der Waals surface area contributed by atoms with Gasteiger partial charge in [-0.15, -0.1) is 0 Å². The summed E-state index contributed by atoms with van der Waals surface area (Å²) < 4.78 is 4.69. The average Bonchev–Trinajstić information content (AvgIpc) is 2.24. The van der Waals surface area contributed by atoms with Crippen molar-refractivity contribution in [1.82, 2.24) is 0 Å². The number of hydrogen-bond acceptors (Lipinski definition) is 0. The second-order valence-corrected chi connectivity index (χ2v) is 27.3. The van der Waals surface area contributed by atoms with Gasteiger partial charge in [0.1, 0.15) is 0 Å². The molecule has 0 amide bonds. The molecule has 0 saturated heterocycles. The Bertz CT molecular complexity index is 142. The van der Waals surface area contributed by atoms with E-state index in [9.17, 15) is 0 Å². The molecule has 0 aromatic carbocycles. The number of unbranched alkanes of at least 4 members (excludes halogenated alkanes) is 5. The third-order valence-corrected chi connectivity index (χ3v) is 22.9. The number of hydrogen-bond donors (Lipinski definition) is 0. The Morgan fingerprint density at radius 1 is 0.625 bits per heavy atom. The van der Waals surface area contributed by atoms with Crippen LogP contribution in [0, 0.1) is 0 Å². The first-order valence-corrected chi connectivity index (χ1v) is 19.8. The van der Waals surface area contributed by atoms with Gasteiger partial charge in [0.2, 0.25) is 0 Å². The van der Waals surface area contributed by atoms with Crippen molar-refractivity contribution in [1.29, 1.82) is 0 Å². The van der Waals surface area contributed by atoms with Crippen molar-refractivity contribution < 1.29 is 0 Å². The molecular formula is C14H31BrSn. The Morgan fingerprint density at radius 2 is 1.12 bits per heavy atom. The Hall–Kier alpha value is 1.28. The van der Waals surface area contributed by atoms with Gasteiger partial charge in [-0.25, -0.2) is 0 Å². The number of rotatable bonds is 11. The van der Waals surface area contributed by atoms with Crippen LogP contribution in [0.25, 0.3) is 0 Å². The fourth-order valence-corrected chi connectivity index (χ4v) is 19.5. The summed E-state index contributed by atoms with van der Waals surface area (Å²) in [5.41, 5.74) is 0. The first kappa shape index (κ1) is 17.3. The molecule has 0 fully saturated rings. The molecule has 0 aliphatic rings. The van der Waals surface area contributed by atoms with Gasteiger partial charge in [0.25, 0.3) is 0 Å². The normalized spacial score (nSPS) is 12.0. The molecule has 0 rings (SSSR count). The maximum absolute atomic E-state index is 4.20. The Balaban J connectivity index is 3.59. The van der Waals surface area contributed by atoms with E-state index < -0.39 is 16.2 Å². The zero-order valence-electron chi connectivity index (χ0n) is 11.7. The van der Waals surface area contributed by atoms with Crippen LogP contribution in [0.15, 0.2) is 0 Å². The summed E-state index contributed by atoms with van der Waals surface area (Å²) in [4.78, 5) is 0. The summed E-state index contributed by atoms with van der Waals surface area (Å²) in [5, 5.41) is 0. The molecule has 0 aromatic heterocycles. The molecule has 0 saturated carbocycles. The summed E-state index contributed by atoms with van der Waals surface area (Å²) in [6.45, 7) is 7.00. The van der Waals surface area contributed by atoms with Crippen molar-refractivity contribution in [2.75, 3.05) is 0 Å². The molecule has 0 atom stereocenters. The van der Waals surface area contributed by atoms with E-state index in [1.807, 2.05) is 0 Å². The minimum absolute atomic E-state index is 1.37. The second-order valence-electron chi connectivity index (χ2n) is 5.17. The fraction of sp³-hybridized carbons (Fsp3) is 1.00. The second kappa shape index (κ2) is 11.4. The van der Waals surface area contributed by atoms with Crippen LogP contribution in [0.3, 0.4) is 0 Å². The first-order chi connectivity index (χ1) is 7.68. The molecule has 0 bridgehead atoms. The van der Waals surface area contributed by atoms with Gasteiger partial charge >= 0.3 is 114 Å². The molecule has 0 nitrogen and oxygen atoms in total. The number of halogens is 1. The Morgan fingerprint density at radius 3 is 1.62 bits per heavy atom. The molecule has 0 aliphatic heterocycles. The molecule has 0 spiro atoms. The van der Waals surface area contributed by atoms with Gasteiger partial charge in [0.15, 0.2) is 0 Å². The van der Waals surface area contributed by atoms with Crippen molar-refractivity contribution in [2.45, 2.75) is 85.4 Å². The zero-order chi connectivity index (χ0) is 12.3. The predicted octanol–water partition coefficient (Wildman–Crippen LogP) is 6.51. The summed E-state index contributed by atoms with van der Waals surface area (Å²) in [5.74, 6) is 0. The van der Waals surface area contributed by atoms with E-state index >= 15 is 0 Å². The average molecular weight is 398 g/mol. The molecule has 0 aromatic rings. The molecule has 98 valence electrons. The van der Waals surface area contributed by atoms with E-state index in [0.717, 1.165) is 0 Å². The van der Waals surface area contributed by atoms with E-state index in [4.69, 9.17) is 0 Å². The van der Waals surface area contributed by atoms with Gasteiger partial charge in [-0.3, -0.25) is 0 Å².